The van der Waals surface area contributed by atoms with Gasteiger partial charge in [-0.15, -0.1) is 0 Å². The van der Waals surface area contributed by atoms with E-state index >= 15 is 0 Å². The molecule has 0 bridgehead atoms. The summed E-state index contributed by atoms with van der Waals surface area (Å²) in [7, 11) is 1.86. The molecule has 2 rings (SSSR count). The zero-order valence-corrected chi connectivity index (χ0v) is 12.1. The van der Waals surface area contributed by atoms with Gasteiger partial charge in [-0.25, -0.2) is 4.39 Å². The van der Waals surface area contributed by atoms with Gasteiger partial charge in [-0.3, -0.25) is 0 Å². The van der Waals surface area contributed by atoms with Crippen molar-refractivity contribution < 1.29 is 4.39 Å². The number of para-hydroxylation sites is 1. The van der Waals surface area contributed by atoms with Crippen molar-refractivity contribution in [2.75, 3.05) is 18.5 Å². The second-order valence-electron chi connectivity index (χ2n) is 4.79. The fourth-order valence-corrected chi connectivity index (χ4v) is 2.42. The lowest BCUT2D eigenvalue weighted by Gasteiger charge is -2.22. The van der Waals surface area contributed by atoms with Crippen LogP contribution in [0.25, 0.3) is 0 Å². The van der Waals surface area contributed by atoms with Gasteiger partial charge in [0.2, 0.25) is 0 Å². The number of halogens is 2. The van der Waals surface area contributed by atoms with Crippen molar-refractivity contribution in [1.82, 2.24) is 0 Å². The molecule has 0 radical (unpaired) electrons. The summed E-state index contributed by atoms with van der Waals surface area (Å²) in [6.07, 6.45) is 0.703. The van der Waals surface area contributed by atoms with Crippen LogP contribution >= 0.6 is 11.6 Å². The van der Waals surface area contributed by atoms with Crippen molar-refractivity contribution >= 4 is 17.3 Å². The molecule has 106 valence electrons. The summed E-state index contributed by atoms with van der Waals surface area (Å²) < 4.78 is 13.7. The second kappa shape index (κ2) is 6.73. The van der Waals surface area contributed by atoms with E-state index in [0.717, 1.165) is 5.56 Å². The number of hydrogen-bond donors (Lipinski definition) is 1. The molecule has 0 spiro atoms. The van der Waals surface area contributed by atoms with Crippen LogP contribution in [0.3, 0.4) is 0 Å². The number of nitrogens with zero attached hydrogens (tertiary/aromatic N) is 1. The molecule has 2 aromatic carbocycles. The summed E-state index contributed by atoms with van der Waals surface area (Å²) >= 11 is 6.12. The predicted octanol–water partition coefficient (Wildman–Crippen LogP) is 4.01. The zero-order valence-electron chi connectivity index (χ0n) is 11.4. The van der Waals surface area contributed by atoms with Gasteiger partial charge in [-0.1, -0.05) is 41.9 Å². The minimum atomic E-state index is -0.221. The maximum Gasteiger partial charge on any atom is 0.146 e. The van der Waals surface area contributed by atoms with Gasteiger partial charge in [0.05, 0.1) is 5.69 Å². The van der Waals surface area contributed by atoms with E-state index in [1.807, 2.05) is 42.3 Å². The summed E-state index contributed by atoms with van der Waals surface area (Å²) in [6, 6.07) is 14.1. The summed E-state index contributed by atoms with van der Waals surface area (Å²) in [5, 5.41) is 0.675. The molecule has 0 amide bonds. The van der Waals surface area contributed by atoms with Crippen LogP contribution in [-0.4, -0.2) is 13.6 Å². The van der Waals surface area contributed by atoms with Gasteiger partial charge in [0, 0.05) is 24.7 Å². The molecule has 1 atom stereocenters. The van der Waals surface area contributed by atoms with Gasteiger partial charge >= 0.3 is 0 Å². The van der Waals surface area contributed by atoms with E-state index in [4.69, 9.17) is 17.3 Å². The predicted molar refractivity (Wildman–Crippen MR) is 82.7 cm³/mol. The maximum atomic E-state index is 13.7. The highest BCUT2D eigenvalue weighted by Gasteiger charge is 2.12. The largest absolute Gasteiger partial charge is 0.372 e. The van der Waals surface area contributed by atoms with E-state index in [1.165, 1.54) is 6.07 Å². The topological polar surface area (TPSA) is 29.3 Å². The third-order valence-corrected chi connectivity index (χ3v) is 3.69. The Balaban J connectivity index is 1.99. The van der Waals surface area contributed by atoms with E-state index in [1.54, 1.807) is 12.1 Å². The third-order valence-electron chi connectivity index (χ3n) is 3.34. The molecule has 0 heterocycles. The lowest BCUT2D eigenvalue weighted by molar-refractivity contribution is 0.607. The molecule has 0 aliphatic heterocycles. The van der Waals surface area contributed by atoms with Crippen molar-refractivity contribution in [2.24, 2.45) is 5.73 Å². The first-order chi connectivity index (χ1) is 9.59. The van der Waals surface area contributed by atoms with Gasteiger partial charge in [-0.05, 0) is 30.2 Å². The van der Waals surface area contributed by atoms with Crippen molar-refractivity contribution in [3.8, 4) is 0 Å². The molecule has 2 N–H and O–H groups in total. The van der Waals surface area contributed by atoms with Gasteiger partial charge in [0.1, 0.15) is 5.82 Å². The molecular weight excluding hydrogens is 275 g/mol. The number of benzene rings is 2. The normalized spacial score (nSPS) is 12.2. The molecule has 0 aliphatic carbocycles. The molecule has 2 aromatic rings. The Morgan fingerprint density at radius 1 is 1.15 bits per heavy atom. The highest BCUT2D eigenvalue weighted by atomic mass is 35.5. The minimum Gasteiger partial charge on any atom is -0.372 e. The Morgan fingerprint density at radius 2 is 1.80 bits per heavy atom. The van der Waals surface area contributed by atoms with E-state index in [0.29, 0.717) is 23.7 Å². The van der Waals surface area contributed by atoms with E-state index in [-0.39, 0.29) is 11.9 Å². The third kappa shape index (κ3) is 3.50. The molecule has 0 aliphatic rings. The number of nitrogens with two attached hydrogens (primary N) is 1. The van der Waals surface area contributed by atoms with Crippen LogP contribution in [0.1, 0.15) is 18.0 Å². The summed E-state index contributed by atoms with van der Waals surface area (Å²) in [6.45, 7) is 0.660. The van der Waals surface area contributed by atoms with Crippen LogP contribution in [-0.2, 0) is 0 Å². The molecule has 0 saturated carbocycles. The molecule has 0 saturated heterocycles. The minimum absolute atomic E-state index is 0.155. The Kier molecular flexibility index (Phi) is 4.99. The van der Waals surface area contributed by atoms with Crippen LogP contribution in [0.15, 0.2) is 48.5 Å². The standard InChI is InChI=1S/C16H18ClFN2/c1-20(16-9-5-4-8-14(16)18)11-10-15(19)12-6-2-3-7-13(12)17/h2-9,15H,10-11,19H2,1H3. The van der Waals surface area contributed by atoms with Crippen LogP contribution in [0.4, 0.5) is 10.1 Å². The SMILES string of the molecule is CN(CCC(N)c1ccccc1Cl)c1ccccc1F. The van der Waals surface area contributed by atoms with E-state index in [9.17, 15) is 4.39 Å². The average molecular weight is 293 g/mol. The Morgan fingerprint density at radius 3 is 2.50 bits per heavy atom. The molecule has 2 nitrogen and oxygen atoms in total. The van der Waals surface area contributed by atoms with Crippen molar-refractivity contribution in [1.29, 1.82) is 0 Å². The van der Waals surface area contributed by atoms with Gasteiger partial charge < -0.3 is 10.6 Å². The van der Waals surface area contributed by atoms with E-state index in [2.05, 4.69) is 0 Å². The average Bonchev–Trinajstić information content (AvgIpc) is 2.45. The lowest BCUT2D eigenvalue weighted by Crippen LogP contribution is -2.24. The van der Waals surface area contributed by atoms with Gasteiger partial charge in [0.15, 0.2) is 0 Å². The number of rotatable bonds is 5. The monoisotopic (exact) mass is 292 g/mol. The van der Waals surface area contributed by atoms with Gasteiger partial charge in [-0.2, -0.15) is 0 Å². The van der Waals surface area contributed by atoms with Crippen LogP contribution in [0, 0.1) is 5.82 Å². The number of hydrogen-bond acceptors (Lipinski definition) is 2. The van der Waals surface area contributed by atoms with Gasteiger partial charge in [0.25, 0.3) is 0 Å². The Labute approximate surface area is 124 Å². The maximum absolute atomic E-state index is 13.7. The molecule has 4 heteroatoms. The fraction of sp³-hybridized carbons (Fsp3) is 0.250. The van der Waals surface area contributed by atoms with Crippen molar-refractivity contribution in [3.05, 3.63) is 64.9 Å². The smallest absolute Gasteiger partial charge is 0.146 e. The molecular formula is C16H18ClFN2. The first-order valence-electron chi connectivity index (χ1n) is 6.55. The summed E-state index contributed by atoms with van der Waals surface area (Å²) in [4.78, 5) is 1.87. The first-order valence-corrected chi connectivity index (χ1v) is 6.93. The number of anilines is 1. The molecule has 0 aromatic heterocycles. The summed E-state index contributed by atoms with van der Waals surface area (Å²) in [5.74, 6) is -0.221. The summed E-state index contributed by atoms with van der Waals surface area (Å²) in [5.41, 5.74) is 7.66. The van der Waals surface area contributed by atoms with E-state index < -0.39 is 0 Å². The van der Waals surface area contributed by atoms with Crippen LogP contribution in [0.2, 0.25) is 5.02 Å². The zero-order chi connectivity index (χ0) is 14.5. The van der Waals surface area contributed by atoms with Crippen molar-refractivity contribution in [2.45, 2.75) is 12.5 Å². The second-order valence-corrected chi connectivity index (χ2v) is 5.20. The van der Waals surface area contributed by atoms with Crippen LogP contribution < -0.4 is 10.6 Å². The Bertz CT molecular complexity index is 522. The highest BCUT2D eigenvalue weighted by Crippen LogP contribution is 2.24. The molecule has 20 heavy (non-hydrogen) atoms. The quantitative estimate of drug-likeness (QED) is 0.902. The molecule has 0 fully saturated rings. The first kappa shape index (κ1) is 14.8. The highest BCUT2D eigenvalue weighted by molar-refractivity contribution is 6.31. The fourth-order valence-electron chi connectivity index (χ4n) is 2.15. The Hall–Kier alpha value is -1.58. The van der Waals surface area contributed by atoms with Crippen molar-refractivity contribution in [3.63, 3.8) is 0 Å². The molecule has 1 unspecified atom stereocenters. The lowest BCUT2D eigenvalue weighted by atomic mass is 10.0. The van der Waals surface area contributed by atoms with Crippen LogP contribution in [0.5, 0.6) is 0 Å².